The first-order chi connectivity index (χ1) is 7.22. The van der Waals surface area contributed by atoms with Crippen LogP contribution in [0.25, 0.3) is 0 Å². The summed E-state index contributed by atoms with van der Waals surface area (Å²) < 4.78 is 10.4. The summed E-state index contributed by atoms with van der Waals surface area (Å²) in [5.41, 5.74) is 1.63. The van der Waals surface area contributed by atoms with E-state index < -0.39 is 5.97 Å². The highest BCUT2D eigenvalue weighted by Crippen LogP contribution is 2.30. The molecule has 5 heteroatoms. The predicted octanol–water partition coefficient (Wildman–Crippen LogP) is 1.99. The van der Waals surface area contributed by atoms with E-state index in [0.717, 1.165) is 5.56 Å². The second kappa shape index (κ2) is 4.08. The van der Waals surface area contributed by atoms with Crippen molar-refractivity contribution < 1.29 is 19.4 Å². The third-order valence-electron chi connectivity index (χ3n) is 2.18. The molecule has 0 saturated carbocycles. The molecule has 0 amide bonds. The van der Waals surface area contributed by atoms with Gasteiger partial charge >= 0.3 is 5.97 Å². The highest BCUT2D eigenvalue weighted by Gasteiger charge is 2.18. The molecule has 1 N–H and O–H groups in total. The Morgan fingerprint density at radius 3 is 3.00 bits per heavy atom. The number of ether oxygens (including phenoxy) is 2. The first-order valence-electron chi connectivity index (χ1n) is 4.38. The third kappa shape index (κ3) is 1.91. The number of halogens is 1. The molecule has 1 aromatic rings. The number of alkyl halides is 1. The van der Waals surface area contributed by atoms with E-state index in [-0.39, 0.29) is 18.2 Å². The average molecular weight is 229 g/mol. The lowest BCUT2D eigenvalue weighted by atomic mass is 10.0. The molecule has 0 saturated heterocycles. The number of carbonyl (C=O) groups is 1. The molecule has 15 heavy (non-hydrogen) atoms. The minimum atomic E-state index is -0.977. The highest BCUT2D eigenvalue weighted by molar-refractivity contribution is 6.17. The van der Waals surface area contributed by atoms with Crippen molar-refractivity contribution in [2.45, 2.75) is 12.5 Å². The van der Waals surface area contributed by atoms with E-state index >= 15 is 0 Å². The van der Waals surface area contributed by atoms with Crippen LogP contribution in [0.4, 0.5) is 0 Å². The van der Waals surface area contributed by atoms with Crippen LogP contribution < -0.4 is 4.74 Å². The van der Waals surface area contributed by atoms with Crippen LogP contribution in [0.3, 0.4) is 0 Å². The van der Waals surface area contributed by atoms with Gasteiger partial charge in [-0.3, -0.25) is 0 Å². The van der Waals surface area contributed by atoms with Crippen LogP contribution in [0.15, 0.2) is 12.1 Å². The number of carboxylic acids is 1. The van der Waals surface area contributed by atoms with Crippen molar-refractivity contribution in [3.63, 3.8) is 0 Å². The van der Waals surface area contributed by atoms with Crippen LogP contribution in [0.2, 0.25) is 0 Å². The molecule has 0 unspecified atom stereocenters. The van der Waals surface area contributed by atoms with Crippen molar-refractivity contribution in [1.29, 1.82) is 0 Å². The van der Waals surface area contributed by atoms with Gasteiger partial charge in [-0.15, -0.1) is 11.6 Å². The number of fused-ring (bicyclic) bond motifs is 1. The van der Waals surface area contributed by atoms with Crippen LogP contribution in [0, 0.1) is 0 Å². The summed E-state index contributed by atoms with van der Waals surface area (Å²) in [6, 6.07) is 3.08. The first kappa shape index (κ1) is 10.3. The quantitative estimate of drug-likeness (QED) is 0.787. The summed E-state index contributed by atoms with van der Waals surface area (Å²) in [6.45, 7) is 0.545. The number of aromatic carboxylic acids is 1. The minimum absolute atomic E-state index is 0.184. The zero-order valence-electron chi connectivity index (χ0n) is 7.83. The fourth-order valence-electron chi connectivity index (χ4n) is 1.52. The summed E-state index contributed by atoms with van der Waals surface area (Å²) >= 11 is 5.73. The van der Waals surface area contributed by atoms with Gasteiger partial charge in [0.05, 0.1) is 18.1 Å². The van der Waals surface area contributed by atoms with E-state index in [9.17, 15) is 4.79 Å². The predicted molar refractivity (Wildman–Crippen MR) is 53.2 cm³/mol. The number of carboxylic acid groups (broad SMARTS) is 1. The monoisotopic (exact) mass is 228 g/mol. The van der Waals surface area contributed by atoms with Gasteiger partial charge in [0, 0.05) is 11.1 Å². The molecule has 0 bridgehead atoms. The van der Waals surface area contributed by atoms with Gasteiger partial charge in [0.1, 0.15) is 5.75 Å². The third-order valence-corrected chi connectivity index (χ3v) is 2.47. The largest absolute Gasteiger partial charge is 0.478 e. The zero-order chi connectivity index (χ0) is 10.8. The molecule has 1 aliphatic heterocycles. The number of rotatable bonds is 2. The molecule has 0 aromatic heterocycles. The first-order valence-corrected chi connectivity index (χ1v) is 4.91. The molecule has 1 aromatic carbocycles. The number of hydrogen-bond acceptors (Lipinski definition) is 3. The minimum Gasteiger partial charge on any atom is -0.478 e. The van der Waals surface area contributed by atoms with Gasteiger partial charge in [-0.1, -0.05) is 0 Å². The summed E-state index contributed by atoms with van der Waals surface area (Å²) in [7, 11) is 0. The van der Waals surface area contributed by atoms with Crippen LogP contribution in [-0.2, 0) is 17.2 Å². The Hall–Kier alpha value is -1.26. The van der Waals surface area contributed by atoms with Crippen molar-refractivity contribution in [3.05, 3.63) is 28.8 Å². The maximum Gasteiger partial charge on any atom is 0.335 e. The topological polar surface area (TPSA) is 55.8 Å². The molecule has 0 radical (unpaired) electrons. The Bertz CT molecular complexity index is 385. The molecule has 0 spiro atoms. The second-order valence-electron chi connectivity index (χ2n) is 3.17. The van der Waals surface area contributed by atoms with E-state index in [2.05, 4.69) is 0 Å². The summed E-state index contributed by atoms with van der Waals surface area (Å²) in [5, 5.41) is 8.88. The van der Waals surface area contributed by atoms with Crippen molar-refractivity contribution in [3.8, 4) is 5.75 Å². The molecular formula is C10H9ClO4. The Labute approximate surface area is 91.4 Å². The fourth-order valence-corrected chi connectivity index (χ4v) is 1.72. The number of hydrogen-bond donors (Lipinski definition) is 1. The van der Waals surface area contributed by atoms with E-state index in [1.54, 1.807) is 6.07 Å². The molecular weight excluding hydrogens is 220 g/mol. The molecule has 4 nitrogen and oxygen atoms in total. The maximum absolute atomic E-state index is 10.8. The Kier molecular flexibility index (Phi) is 2.79. The summed E-state index contributed by atoms with van der Waals surface area (Å²) in [5.74, 6) is -0.0975. The average Bonchev–Trinajstić information content (AvgIpc) is 2.27. The van der Waals surface area contributed by atoms with Gasteiger partial charge in [-0.2, -0.15) is 0 Å². The highest BCUT2D eigenvalue weighted by atomic mass is 35.5. The molecule has 1 aliphatic rings. The normalized spacial score (nSPS) is 14.2. The van der Waals surface area contributed by atoms with Crippen LogP contribution >= 0.6 is 11.6 Å². The molecule has 0 atom stereocenters. The Morgan fingerprint density at radius 1 is 1.53 bits per heavy atom. The Balaban J connectivity index is 2.52. The van der Waals surface area contributed by atoms with Crippen molar-refractivity contribution in [2.24, 2.45) is 0 Å². The smallest absolute Gasteiger partial charge is 0.335 e. The second-order valence-corrected chi connectivity index (χ2v) is 3.44. The van der Waals surface area contributed by atoms with Crippen LogP contribution in [0.1, 0.15) is 21.5 Å². The summed E-state index contributed by atoms with van der Waals surface area (Å²) in [6.07, 6.45) is 0. The van der Waals surface area contributed by atoms with Gasteiger partial charge in [-0.25, -0.2) is 4.79 Å². The SMILES string of the molecule is O=C(O)c1cc(CCl)c2c(c1)COCO2. The molecule has 0 aliphatic carbocycles. The molecule has 2 rings (SSSR count). The fraction of sp³-hybridized carbons (Fsp3) is 0.300. The van der Waals surface area contributed by atoms with Gasteiger partial charge in [0.2, 0.25) is 0 Å². The van der Waals surface area contributed by atoms with E-state index in [1.165, 1.54) is 6.07 Å². The van der Waals surface area contributed by atoms with E-state index in [4.69, 9.17) is 26.2 Å². The summed E-state index contributed by atoms with van der Waals surface area (Å²) in [4.78, 5) is 10.8. The van der Waals surface area contributed by atoms with Crippen LogP contribution in [0.5, 0.6) is 5.75 Å². The Morgan fingerprint density at radius 2 is 2.33 bits per heavy atom. The van der Waals surface area contributed by atoms with Gasteiger partial charge < -0.3 is 14.6 Å². The molecule has 0 fully saturated rings. The lowest BCUT2D eigenvalue weighted by Gasteiger charge is -2.20. The van der Waals surface area contributed by atoms with Crippen LogP contribution in [-0.4, -0.2) is 17.9 Å². The van der Waals surface area contributed by atoms with E-state index in [0.29, 0.717) is 17.9 Å². The molecule has 80 valence electrons. The van der Waals surface area contributed by atoms with Gasteiger partial charge in [0.15, 0.2) is 6.79 Å². The van der Waals surface area contributed by atoms with Gasteiger partial charge in [0.25, 0.3) is 0 Å². The van der Waals surface area contributed by atoms with Crippen molar-refractivity contribution >= 4 is 17.6 Å². The van der Waals surface area contributed by atoms with Gasteiger partial charge in [-0.05, 0) is 12.1 Å². The molecule has 1 heterocycles. The zero-order valence-corrected chi connectivity index (χ0v) is 8.58. The van der Waals surface area contributed by atoms with Crippen molar-refractivity contribution in [1.82, 2.24) is 0 Å². The van der Waals surface area contributed by atoms with E-state index in [1.807, 2.05) is 0 Å². The lowest BCUT2D eigenvalue weighted by Crippen LogP contribution is -2.14. The van der Waals surface area contributed by atoms with Crippen molar-refractivity contribution in [2.75, 3.05) is 6.79 Å². The lowest BCUT2D eigenvalue weighted by molar-refractivity contribution is -0.0169. The number of benzene rings is 1. The maximum atomic E-state index is 10.8. The standard InChI is InChI=1S/C10H9ClO4/c11-3-7-1-6(10(12)13)2-8-4-14-5-15-9(7)8/h1-2H,3-5H2,(H,12,13).